The summed E-state index contributed by atoms with van der Waals surface area (Å²) in [6, 6.07) is 3.93. The predicted octanol–water partition coefficient (Wildman–Crippen LogP) is 2.83. The Morgan fingerprint density at radius 1 is 1.35 bits per heavy atom. The average molecular weight is 294 g/mol. The van der Waals surface area contributed by atoms with Gasteiger partial charge in [-0.2, -0.15) is 22.2 Å². The van der Waals surface area contributed by atoms with Crippen molar-refractivity contribution in [3.8, 4) is 11.3 Å². The Kier molecular flexibility index (Phi) is 9.58. The van der Waals surface area contributed by atoms with Gasteiger partial charge < -0.3 is 0 Å². The molecule has 0 bridgehead atoms. The Morgan fingerprint density at radius 2 is 2.18 bits per heavy atom. The molecule has 2 rings (SSSR count). The van der Waals surface area contributed by atoms with Gasteiger partial charge in [-0.15, -0.1) is 11.8 Å². The third-order valence-corrected chi connectivity index (χ3v) is 3.65. The molecule has 0 aromatic carbocycles. The standard InChI is InChI=1S/C10H11N3S2.Na.H2S/c1-2-6-14-10-9(12-15-13-10)8-4-3-5-11-7-8;;/h3-5,7H,2,6H2,1H3;;1H2. The fourth-order valence-electron chi connectivity index (χ4n) is 1.15. The molecule has 0 unspecified atom stereocenters. The zero-order valence-electron chi connectivity index (χ0n) is 9.88. The minimum Gasteiger partial charge on any atom is -0.264 e. The minimum absolute atomic E-state index is 0. The van der Waals surface area contributed by atoms with Gasteiger partial charge in [0.15, 0.2) is 0 Å². The Bertz CT molecular complexity index is 422. The second-order valence-corrected chi connectivity index (χ2v) is 4.62. The van der Waals surface area contributed by atoms with Crippen molar-refractivity contribution in [1.82, 2.24) is 13.7 Å². The summed E-state index contributed by atoms with van der Waals surface area (Å²) in [6.45, 7) is 2.16. The number of nitrogens with zero attached hydrogens (tertiary/aromatic N) is 3. The van der Waals surface area contributed by atoms with Crippen LogP contribution in [-0.4, -0.2) is 49.0 Å². The Labute approximate surface area is 139 Å². The predicted molar refractivity (Wildman–Crippen MR) is 80.3 cm³/mol. The summed E-state index contributed by atoms with van der Waals surface area (Å²) in [5.41, 5.74) is 2.01. The van der Waals surface area contributed by atoms with Crippen LogP contribution in [0.2, 0.25) is 0 Å². The van der Waals surface area contributed by atoms with E-state index in [-0.39, 0.29) is 43.1 Å². The Morgan fingerprint density at radius 3 is 2.82 bits per heavy atom. The van der Waals surface area contributed by atoms with Gasteiger partial charge in [-0.25, -0.2) is 0 Å². The van der Waals surface area contributed by atoms with Crippen LogP contribution in [0, 0.1) is 0 Å². The molecule has 7 heteroatoms. The van der Waals surface area contributed by atoms with Crippen LogP contribution in [0.1, 0.15) is 13.3 Å². The van der Waals surface area contributed by atoms with Crippen LogP contribution in [0.4, 0.5) is 0 Å². The molecule has 0 fully saturated rings. The summed E-state index contributed by atoms with van der Waals surface area (Å²) in [4.78, 5) is 4.09. The molecule has 0 spiro atoms. The minimum atomic E-state index is 0. The normalized spacial score (nSPS) is 9.24. The van der Waals surface area contributed by atoms with Gasteiger partial charge in [0, 0.05) is 47.5 Å². The van der Waals surface area contributed by atoms with E-state index in [2.05, 4.69) is 20.7 Å². The summed E-state index contributed by atoms with van der Waals surface area (Å²) in [7, 11) is 0. The third-order valence-electron chi connectivity index (χ3n) is 1.84. The Hall–Kier alpha value is 0.410. The first-order valence-electron chi connectivity index (χ1n) is 4.77. The van der Waals surface area contributed by atoms with Gasteiger partial charge >= 0.3 is 0 Å². The second kappa shape index (κ2) is 9.35. The van der Waals surface area contributed by atoms with E-state index >= 15 is 0 Å². The van der Waals surface area contributed by atoms with Crippen molar-refractivity contribution in [2.45, 2.75) is 18.4 Å². The van der Waals surface area contributed by atoms with E-state index in [0.29, 0.717) is 0 Å². The smallest absolute Gasteiger partial charge is 0.138 e. The average Bonchev–Trinajstić information content (AvgIpc) is 2.75. The van der Waals surface area contributed by atoms with Gasteiger partial charge in [0.1, 0.15) is 10.7 Å². The number of pyridine rings is 1. The number of rotatable bonds is 4. The summed E-state index contributed by atoms with van der Waals surface area (Å²) >= 11 is 3.02. The van der Waals surface area contributed by atoms with E-state index in [1.54, 1.807) is 18.0 Å². The number of hydrogen-bond donors (Lipinski definition) is 0. The largest absolute Gasteiger partial charge is 0.264 e. The molecular weight excluding hydrogens is 281 g/mol. The van der Waals surface area contributed by atoms with Crippen molar-refractivity contribution in [2.75, 3.05) is 5.75 Å². The summed E-state index contributed by atoms with van der Waals surface area (Å²) in [6.07, 6.45) is 4.74. The van der Waals surface area contributed by atoms with Crippen LogP contribution >= 0.6 is 37.0 Å². The molecule has 0 aliphatic rings. The molecule has 17 heavy (non-hydrogen) atoms. The van der Waals surface area contributed by atoms with Crippen LogP contribution in [0.3, 0.4) is 0 Å². The first-order valence-corrected chi connectivity index (χ1v) is 6.49. The van der Waals surface area contributed by atoms with E-state index in [1.165, 1.54) is 11.7 Å². The van der Waals surface area contributed by atoms with Crippen molar-refractivity contribution < 1.29 is 0 Å². The van der Waals surface area contributed by atoms with Crippen LogP contribution < -0.4 is 0 Å². The first-order chi connectivity index (χ1) is 7.42. The maximum atomic E-state index is 4.31. The Balaban J connectivity index is 0.00000128. The monoisotopic (exact) mass is 294 g/mol. The van der Waals surface area contributed by atoms with Gasteiger partial charge in [0.25, 0.3) is 0 Å². The molecule has 2 aromatic rings. The molecule has 0 saturated heterocycles. The fraction of sp³-hybridized carbons (Fsp3) is 0.300. The number of aromatic nitrogens is 3. The van der Waals surface area contributed by atoms with Gasteiger partial charge in [-0.1, -0.05) is 6.92 Å². The van der Waals surface area contributed by atoms with E-state index in [9.17, 15) is 0 Å². The van der Waals surface area contributed by atoms with Crippen molar-refractivity contribution in [3.63, 3.8) is 0 Å². The van der Waals surface area contributed by atoms with Gasteiger partial charge in [-0.05, 0) is 24.3 Å². The van der Waals surface area contributed by atoms with Crippen LogP contribution in [0.15, 0.2) is 29.6 Å². The third kappa shape index (κ3) is 4.89. The molecule has 2 aromatic heterocycles. The van der Waals surface area contributed by atoms with E-state index in [1.807, 2.05) is 18.3 Å². The zero-order valence-corrected chi connectivity index (χ0v) is 14.5. The van der Waals surface area contributed by atoms with Gasteiger partial charge in [0.05, 0.1) is 11.7 Å². The molecule has 2 heterocycles. The van der Waals surface area contributed by atoms with Gasteiger partial charge in [0.2, 0.25) is 0 Å². The number of thioether (sulfide) groups is 1. The molecule has 1 radical (unpaired) electrons. The maximum absolute atomic E-state index is 4.31. The molecule has 0 aliphatic carbocycles. The SMILES string of the molecule is CCCSc1nsnc1-c1cccnc1.S.[Na]. The molecule has 87 valence electrons. The van der Waals surface area contributed by atoms with Crippen molar-refractivity contribution in [2.24, 2.45) is 0 Å². The molecular formula is C10H13N3NaS3. The van der Waals surface area contributed by atoms with Crippen molar-refractivity contribution >= 4 is 66.5 Å². The summed E-state index contributed by atoms with van der Waals surface area (Å²) < 4.78 is 8.60. The molecule has 0 aliphatic heterocycles. The van der Waals surface area contributed by atoms with E-state index < -0.39 is 0 Å². The molecule has 0 atom stereocenters. The molecule has 0 saturated carbocycles. The molecule has 3 nitrogen and oxygen atoms in total. The first kappa shape index (κ1) is 17.4. The van der Waals surface area contributed by atoms with E-state index in [0.717, 1.165) is 28.5 Å². The van der Waals surface area contributed by atoms with Crippen molar-refractivity contribution in [3.05, 3.63) is 24.5 Å². The summed E-state index contributed by atoms with van der Waals surface area (Å²) in [5.74, 6) is 1.08. The number of hydrogen-bond acceptors (Lipinski definition) is 5. The summed E-state index contributed by atoms with van der Waals surface area (Å²) in [5, 5.41) is 1.02. The molecule has 0 N–H and O–H groups in total. The van der Waals surface area contributed by atoms with E-state index in [4.69, 9.17) is 0 Å². The molecule has 0 amide bonds. The maximum Gasteiger partial charge on any atom is 0.138 e. The van der Waals surface area contributed by atoms with Crippen LogP contribution in [0.25, 0.3) is 11.3 Å². The topological polar surface area (TPSA) is 38.7 Å². The van der Waals surface area contributed by atoms with Crippen LogP contribution in [0.5, 0.6) is 0 Å². The quantitative estimate of drug-likeness (QED) is 0.642. The van der Waals surface area contributed by atoms with Crippen LogP contribution in [-0.2, 0) is 0 Å². The van der Waals surface area contributed by atoms with Crippen molar-refractivity contribution in [1.29, 1.82) is 0 Å². The van der Waals surface area contributed by atoms with Gasteiger partial charge in [-0.3, -0.25) is 4.98 Å². The zero-order chi connectivity index (χ0) is 10.5. The fourth-order valence-corrected chi connectivity index (χ4v) is 2.69. The second-order valence-electron chi connectivity index (χ2n) is 3.01.